The van der Waals surface area contributed by atoms with Crippen molar-refractivity contribution in [1.82, 2.24) is 0 Å². The lowest BCUT2D eigenvalue weighted by atomic mass is 9.83. The van der Waals surface area contributed by atoms with Crippen LogP contribution in [0.15, 0.2) is 46.2 Å². The Labute approximate surface area is 291 Å². The maximum atomic E-state index is 12.8. The Morgan fingerprint density at radius 2 is 1.11 bits per heavy atom. The minimum atomic E-state index is -3.41. The van der Waals surface area contributed by atoms with Gasteiger partial charge < -0.3 is 4.74 Å². The molecule has 2 aromatic rings. The predicted octanol–water partition coefficient (Wildman–Crippen LogP) is 8.46. The summed E-state index contributed by atoms with van der Waals surface area (Å²) in [6, 6.07) is 8.65. The predicted molar refractivity (Wildman–Crippen MR) is 185 cm³/mol. The number of hydrogen-bond donors (Lipinski definition) is 0. The van der Waals surface area contributed by atoms with Crippen LogP contribution in [0.2, 0.25) is 10.0 Å². The maximum Gasteiger partial charge on any atom is 0.303 e. The van der Waals surface area contributed by atoms with Gasteiger partial charge in [0.2, 0.25) is 0 Å². The zero-order valence-electron chi connectivity index (χ0n) is 25.6. The molecule has 0 aromatic heterocycles. The summed E-state index contributed by atoms with van der Waals surface area (Å²) in [5, 5.41) is 0.414. The van der Waals surface area contributed by atoms with Crippen LogP contribution in [0.25, 0.3) is 0 Å². The zero-order chi connectivity index (χ0) is 33.5. The standard InChI is InChI=1S/C17H21ClO5S.C15H18BrClO3S.CH4/c1-11(19)23-17(16(20)12-6-4-3-5-7-12)14-9-8-13(10-15(14)18)24(2,21)22;1-21(19,20)11-7-8-12(13(17)9-11)14(16)15(18)10-5-3-2-4-6-10;/h8-10,12,17H,3-7H2,1-2H3;7-10,14H,2-6H2,1H3;1H4. The molecule has 0 spiro atoms. The summed E-state index contributed by atoms with van der Waals surface area (Å²) in [4.78, 5) is 36.5. The number of hydrogen-bond acceptors (Lipinski definition) is 8. The van der Waals surface area contributed by atoms with Crippen LogP contribution in [0.3, 0.4) is 0 Å². The lowest BCUT2D eigenvalue weighted by Gasteiger charge is -2.25. The van der Waals surface area contributed by atoms with Crippen molar-refractivity contribution in [1.29, 1.82) is 0 Å². The summed E-state index contributed by atoms with van der Waals surface area (Å²) in [5.74, 6) is -0.683. The normalized spacial score (nSPS) is 17.4. The lowest BCUT2D eigenvalue weighted by Crippen LogP contribution is -2.27. The van der Waals surface area contributed by atoms with E-state index >= 15 is 0 Å². The number of esters is 1. The van der Waals surface area contributed by atoms with Gasteiger partial charge in [0.1, 0.15) is 0 Å². The highest BCUT2D eigenvalue weighted by Crippen LogP contribution is 2.38. The summed E-state index contributed by atoms with van der Waals surface area (Å²) in [7, 11) is -6.70. The number of ketones is 2. The second-order valence-corrected chi connectivity index (χ2v) is 17.5. The van der Waals surface area contributed by atoms with Crippen LogP contribution >= 0.6 is 39.1 Å². The highest BCUT2D eigenvalue weighted by atomic mass is 79.9. The van der Waals surface area contributed by atoms with Gasteiger partial charge in [-0.25, -0.2) is 16.8 Å². The molecule has 0 saturated heterocycles. The third kappa shape index (κ3) is 11.1. The molecule has 2 saturated carbocycles. The van der Waals surface area contributed by atoms with Crippen LogP contribution in [0, 0.1) is 11.8 Å². The van der Waals surface area contributed by atoms with E-state index in [1.807, 2.05) is 0 Å². The Kier molecular flexibility index (Phi) is 15.4. The maximum absolute atomic E-state index is 12.8. The molecule has 46 heavy (non-hydrogen) atoms. The Bertz CT molecular complexity index is 1610. The van der Waals surface area contributed by atoms with E-state index in [1.165, 1.54) is 43.7 Å². The van der Waals surface area contributed by atoms with Gasteiger partial charge in [0.05, 0.1) is 14.6 Å². The summed E-state index contributed by atoms with van der Waals surface area (Å²) in [5.41, 5.74) is 0.967. The highest BCUT2D eigenvalue weighted by Gasteiger charge is 2.33. The van der Waals surface area contributed by atoms with Crippen molar-refractivity contribution in [2.24, 2.45) is 11.8 Å². The van der Waals surface area contributed by atoms with Crippen LogP contribution in [-0.4, -0.2) is 46.9 Å². The number of carbonyl (C=O) groups excluding carboxylic acids is 3. The average Bonchev–Trinajstić information content (AvgIpc) is 2.99. The topological polar surface area (TPSA) is 129 Å². The lowest BCUT2D eigenvalue weighted by molar-refractivity contribution is -0.155. The fraction of sp³-hybridized carbons (Fsp3) is 0.545. The van der Waals surface area contributed by atoms with Crippen LogP contribution in [-0.2, 0) is 38.8 Å². The molecular formula is C33H43BrCl2O8S2. The molecule has 0 N–H and O–H groups in total. The molecule has 0 bridgehead atoms. The number of alkyl halides is 1. The van der Waals surface area contributed by atoms with Crippen molar-refractivity contribution in [2.45, 2.75) is 99.3 Å². The summed E-state index contributed by atoms with van der Waals surface area (Å²) >= 11 is 15.8. The minimum Gasteiger partial charge on any atom is -0.450 e. The zero-order valence-corrected chi connectivity index (χ0v) is 30.3. The van der Waals surface area contributed by atoms with Gasteiger partial charge in [-0.3, -0.25) is 14.4 Å². The monoisotopic (exact) mass is 780 g/mol. The second kappa shape index (κ2) is 17.6. The highest BCUT2D eigenvalue weighted by molar-refractivity contribution is 9.09. The third-order valence-corrected chi connectivity index (χ3v) is 12.0. The van der Waals surface area contributed by atoms with E-state index in [0.717, 1.165) is 70.3 Å². The van der Waals surface area contributed by atoms with Crippen LogP contribution in [0.1, 0.15) is 101 Å². The van der Waals surface area contributed by atoms with Crippen molar-refractivity contribution in [3.05, 3.63) is 57.6 Å². The van der Waals surface area contributed by atoms with Gasteiger partial charge in [0.25, 0.3) is 0 Å². The van der Waals surface area contributed by atoms with Gasteiger partial charge in [-0.2, -0.15) is 0 Å². The fourth-order valence-corrected chi connectivity index (χ4v) is 8.58. The summed E-state index contributed by atoms with van der Waals surface area (Å²) in [6.45, 7) is 1.24. The Morgan fingerprint density at radius 3 is 1.48 bits per heavy atom. The summed E-state index contributed by atoms with van der Waals surface area (Å²) < 4.78 is 51.5. The molecule has 2 unspecified atom stereocenters. The number of halogens is 3. The molecule has 256 valence electrons. The first-order chi connectivity index (χ1) is 21.0. The number of benzene rings is 2. The number of sulfone groups is 2. The first kappa shape index (κ1) is 40.4. The Morgan fingerprint density at radius 1 is 0.717 bits per heavy atom. The molecule has 2 aromatic carbocycles. The number of carbonyl (C=O) groups is 3. The molecule has 2 atom stereocenters. The van der Waals surface area contributed by atoms with Crippen LogP contribution in [0.4, 0.5) is 0 Å². The fourth-order valence-electron chi connectivity index (χ4n) is 5.68. The van der Waals surface area contributed by atoms with Gasteiger partial charge in [-0.1, -0.05) is 97.2 Å². The van der Waals surface area contributed by atoms with Crippen molar-refractivity contribution in [3.63, 3.8) is 0 Å². The second-order valence-electron chi connectivity index (χ2n) is 11.7. The average molecular weight is 783 g/mol. The van der Waals surface area contributed by atoms with Gasteiger partial charge in [0, 0.05) is 46.9 Å². The van der Waals surface area contributed by atoms with E-state index < -0.39 is 36.6 Å². The molecule has 0 aliphatic heterocycles. The molecule has 2 fully saturated rings. The molecule has 2 aliphatic carbocycles. The Hall–Kier alpha value is -1.79. The Balaban J connectivity index is 0.000000316. The first-order valence-corrected chi connectivity index (χ1v) is 20.3. The van der Waals surface area contributed by atoms with Crippen LogP contribution < -0.4 is 0 Å². The van der Waals surface area contributed by atoms with Gasteiger partial charge >= 0.3 is 5.97 Å². The first-order valence-electron chi connectivity index (χ1n) is 14.9. The largest absolute Gasteiger partial charge is 0.450 e. The third-order valence-electron chi connectivity index (χ3n) is 8.16. The van der Waals surface area contributed by atoms with Gasteiger partial charge in [0.15, 0.2) is 37.3 Å². The van der Waals surface area contributed by atoms with Crippen LogP contribution in [0.5, 0.6) is 0 Å². The quantitative estimate of drug-likeness (QED) is 0.183. The van der Waals surface area contributed by atoms with Gasteiger partial charge in [-0.05, 0) is 55.5 Å². The SMILES string of the molecule is C.CC(=O)OC(C(=O)C1CCCCC1)c1ccc(S(C)(=O)=O)cc1Cl.CS(=O)(=O)c1ccc(C(Br)C(=O)C2CCCCC2)c(Cl)c1. The van der Waals surface area contributed by atoms with E-state index in [4.69, 9.17) is 27.9 Å². The van der Waals surface area contributed by atoms with E-state index in [0.29, 0.717) is 16.1 Å². The van der Waals surface area contributed by atoms with E-state index in [9.17, 15) is 31.2 Å². The van der Waals surface area contributed by atoms with E-state index in [1.54, 1.807) is 6.07 Å². The van der Waals surface area contributed by atoms with Crippen molar-refractivity contribution < 1.29 is 36.0 Å². The number of ether oxygens (including phenoxy) is 1. The molecule has 2 aliphatic rings. The minimum absolute atomic E-state index is 0. The smallest absolute Gasteiger partial charge is 0.303 e. The number of Topliss-reactive ketones (excluding diaryl/α,β-unsaturated/α-hetero) is 2. The molecule has 13 heteroatoms. The molecule has 0 heterocycles. The summed E-state index contributed by atoms with van der Waals surface area (Å²) in [6.07, 6.45) is 11.0. The van der Waals surface area contributed by atoms with Crippen molar-refractivity contribution in [2.75, 3.05) is 12.5 Å². The number of rotatable bonds is 9. The van der Waals surface area contributed by atoms with Crippen molar-refractivity contribution in [3.8, 4) is 0 Å². The molecule has 0 amide bonds. The van der Waals surface area contributed by atoms with E-state index in [-0.39, 0.29) is 45.6 Å². The van der Waals surface area contributed by atoms with E-state index in [2.05, 4.69) is 15.9 Å². The molecular weight excluding hydrogens is 739 g/mol. The van der Waals surface area contributed by atoms with Crippen molar-refractivity contribution >= 4 is 76.3 Å². The molecule has 8 nitrogen and oxygen atoms in total. The molecule has 0 radical (unpaired) electrons. The van der Waals surface area contributed by atoms with Gasteiger partial charge in [-0.15, -0.1) is 0 Å². The molecule has 4 rings (SSSR count).